The van der Waals surface area contributed by atoms with E-state index in [1.807, 2.05) is 53.6 Å². The molecule has 5 rings (SSSR count). The lowest BCUT2D eigenvalue weighted by Crippen LogP contribution is -2.34. The monoisotopic (exact) mass is 427 g/mol. The van der Waals surface area contributed by atoms with Crippen molar-refractivity contribution in [2.75, 3.05) is 13.1 Å². The fourth-order valence-electron chi connectivity index (χ4n) is 5.06. The van der Waals surface area contributed by atoms with E-state index in [0.29, 0.717) is 19.5 Å². The summed E-state index contributed by atoms with van der Waals surface area (Å²) in [6.45, 7) is 1.07. The van der Waals surface area contributed by atoms with Gasteiger partial charge in [-0.1, -0.05) is 48.0 Å². The number of rotatable bonds is 7. The van der Waals surface area contributed by atoms with Crippen LogP contribution in [0.2, 0.25) is 0 Å². The maximum Gasteiger partial charge on any atom is 0.255 e. The van der Waals surface area contributed by atoms with E-state index in [1.165, 1.54) is 18.4 Å². The molecule has 2 N–H and O–H groups in total. The molecular weight excluding hydrogens is 398 g/mol. The molecule has 0 spiro atoms. The van der Waals surface area contributed by atoms with Gasteiger partial charge in [0.15, 0.2) is 0 Å². The van der Waals surface area contributed by atoms with Gasteiger partial charge in [-0.3, -0.25) is 9.59 Å². The molecule has 2 amide bonds. The Morgan fingerprint density at radius 2 is 1.91 bits per heavy atom. The van der Waals surface area contributed by atoms with Gasteiger partial charge in [0.1, 0.15) is 0 Å². The first-order valence-electron chi connectivity index (χ1n) is 11.6. The van der Waals surface area contributed by atoms with Gasteiger partial charge in [-0.2, -0.15) is 0 Å². The molecule has 1 aliphatic heterocycles. The van der Waals surface area contributed by atoms with Crippen LogP contribution in [0.1, 0.15) is 66.1 Å². The largest absolute Gasteiger partial charge is 0.361 e. The number of hydrogen-bond acceptors (Lipinski definition) is 2. The van der Waals surface area contributed by atoms with E-state index >= 15 is 0 Å². The predicted octanol–water partition coefficient (Wildman–Crippen LogP) is 5.11. The topological polar surface area (TPSA) is 65.2 Å². The highest BCUT2D eigenvalue weighted by atomic mass is 16.2. The van der Waals surface area contributed by atoms with Crippen LogP contribution in [-0.2, 0) is 4.79 Å². The lowest BCUT2D eigenvalue weighted by molar-refractivity contribution is -0.121. The van der Waals surface area contributed by atoms with Crippen molar-refractivity contribution in [3.8, 4) is 0 Å². The number of nitrogens with one attached hydrogen (secondary N) is 2. The summed E-state index contributed by atoms with van der Waals surface area (Å²) in [6, 6.07) is 15.7. The van der Waals surface area contributed by atoms with Gasteiger partial charge < -0.3 is 15.2 Å². The lowest BCUT2D eigenvalue weighted by atomic mass is 9.97. The number of amides is 2. The van der Waals surface area contributed by atoms with Crippen molar-refractivity contribution in [2.24, 2.45) is 0 Å². The van der Waals surface area contributed by atoms with Gasteiger partial charge in [-0.15, -0.1) is 0 Å². The van der Waals surface area contributed by atoms with E-state index in [4.69, 9.17) is 0 Å². The predicted molar refractivity (Wildman–Crippen MR) is 126 cm³/mol. The molecule has 5 nitrogen and oxygen atoms in total. The molecule has 1 aromatic heterocycles. The summed E-state index contributed by atoms with van der Waals surface area (Å²) in [5, 5.41) is 4.15. The zero-order valence-corrected chi connectivity index (χ0v) is 18.3. The molecule has 0 saturated heterocycles. The van der Waals surface area contributed by atoms with Crippen LogP contribution in [-0.4, -0.2) is 34.8 Å². The summed E-state index contributed by atoms with van der Waals surface area (Å²) < 4.78 is 0. The molecule has 2 heterocycles. The van der Waals surface area contributed by atoms with Crippen LogP contribution in [0.4, 0.5) is 0 Å². The zero-order chi connectivity index (χ0) is 21.9. The number of carbonyl (C=O) groups is 2. The van der Waals surface area contributed by atoms with Crippen molar-refractivity contribution in [1.82, 2.24) is 15.2 Å². The van der Waals surface area contributed by atoms with E-state index in [1.54, 1.807) is 0 Å². The van der Waals surface area contributed by atoms with E-state index < -0.39 is 0 Å². The number of allylic oxidation sites excluding steroid dienone is 1. The first-order valence-corrected chi connectivity index (χ1v) is 11.6. The van der Waals surface area contributed by atoms with Crippen LogP contribution >= 0.6 is 0 Å². The van der Waals surface area contributed by atoms with Gasteiger partial charge >= 0.3 is 0 Å². The van der Waals surface area contributed by atoms with E-state index in [2.05, 4.69) is 22.4 Å². The number of benzene rings is 2. The Kier molecular flexibility index (Phi) is 5.80. The number of carbonyl (C=O) groups excluding carboxylic acids is 2. The Morgan fingerprint density at radius 3 is 2.78 bits per heavy atom. The van der Waals surface area contributed by atoms with Gasteiger partial charge in [0.05, 0.1) is 6.04 Å². The molecule has 1 atom stereocenters. The second-order valence-electron chi connectivity index (χ2n) is 8.74. The molecule has 1 aliphatic carbocycles. The SMILES string of the molecule is O=C(CCN1C(=O)c2ccccc2[C@@H]1c1c[nH]c2ccccc12)NCCC1=CCCCC1. The first kappa shape index (κ1) is 20.6. The van der Waals surface area contributed by atoms with E-state index in [9.17, 15) is 9.59 Å². The average Bonchev–Trinajstić information content (AvgIpc) is 3.37. The van der Waals surface area contributed by atoms with Crippen molar-refractivity contribution >= 4 is 22.7 Å². The van der Waals surface area contributed by atoms with Crippen molar-refractivity contribution in [2.45, 2.75) is 44.6 Å². The molecule has 32 heavy (non-hydrogen) atoms. The van der Waals surface area contributed by atoms with Crippen molar-refractivity contribution < 1.29 is 9.59 Å². The molecule has 3 aromatic rings. The molecule has 0 radical (unpaired) electrons. The van der Waals surface area contributed by atoms with Crippen molar-refractivity contribution in [3.05, 3.63) is 83.1 Å². The van der Waals surface area contributed by atoms with Crippen LogP contribution in [0.25, 0.3) is 10.9 Å². The number of H-pyrrole nitrogens is 1. The molecular formula is C27H29N3O2. The third-order valence-corrected chi connectivity index (χ3v) is 6.71. The Morgan fingerprint density at radius 1 is 1.06 bits per heavy atom. The zero-order valence-electron chi connectivity index (χ0n) is 18.3. The third-order valence-electron chi connectivity index (χ3n) is 6.71. The second kappa shape index (κ2) is 9.03. The summed E-state index contributed by atoms with van der Waals surface area (Å²) in [4.78, 5) is 31.0. The van der Waals surface area contributed by atoms with Crippen LogP contribution in [0.5, 0.6) is 0 Å². The molecule has 0 fully saturated rings. The minimum Gasteiger partial charge on any atom is -0.361 e. The van der Waals surface area contributed by atoms with Crippen LogP contribution in [0, 0.1) is 0 Å². The summed E-state index contributed by atoms with van der Waals surface area (Å²) >= 11 is 0. The van der Waals surface area contributed by atoms with Gasteiger partial charge in [0.25, 0.3) is 5.91 Å². The van der Waals surface area contributed by atoms with E-state index in [0.717, 1.165) is 46.9 Å². The Balaban J connectivity index is 1.30. The molecule has 164 valence electrons. The van der Waals surface area contributed by atoms with Gasteiger partial charge in [-0.05, 0) is 49.8 Å². The minimum absolute atomic E-state index is 0.00263. The smallest absolute Gasteiger partial charge is 0.255 e. The Bertz CT molecular complexity index is 1180. The quantitative estimate of drug-likeness (QED) is 0.515. The van der Waals surface area contributed by atoms with Crippen molar-refractivity contribution in [1.29, 1.82) is 0 Å². The standard InChI is InChI=1S/C27H29N3O2/c31-25(28-16-14-19-8-2-1-3-9-19)15-17-30-26(21-11-4-5-12-22(21)27(30)32)23-18-29-24-13-7-6-10-20(23)24/h4-8,10-13,18,26,29H,1-3,9,14-17H2,(H,28,31)/t26-/m1/s1. The average molecular weight is 428 g/mol. The Hall–Kier alpha value is -3.34. The summed E-state index contributed by atoms with van der Waals surface area (Å²) in [6.07, 6.45) is 10.4. The first-order chi connectivity index (χ1) is 15.7. The summed E-state index contributed by atoms with van der Waals surface area (Å²) in [5.41, 5.74) is 5.32. The highest BCUT2D eigenvalue weighted by molar-refractivity contribution is 6.01. The minimum atomic E-state index is -0.185. The second-order valence-corrected chi connectivity index (χ2v) is 8.74. The number of aromatic amines is 1. The highest BCUT2D eigenvalue weighted by Gasteiger charge is 2.38. The van der Waals surface area contributed by atoms with Gasteiger partial charge in [-0.25, -0.2) is 0 Å². The summed E-state index contributed by atoms with van der Waals surface area (Å²) in [7, 11) is 0. The number of aromatic nitrogens is 1. The van der Waals surface area contributed by atoms with E-state index in [-0.39, 0.29) is 17.9 Å². The maximum atomic E-state index is 13.2. The third kappa shape index (κ3) is 3.95. The fourth-order valence-corrected chi connectivity index (χ4v) is 5.06. The molecule has 2 aromatic carbocycles. The number of nitrogens with zero attached hydrogens (tertiary/aromatic N) is 1. The molecule has 0 unspecified atom stereocenters. The maximum absolute atomic E-state index is 13.2. The molecule has 0 saturated carbocycles. The van der Waals surface area contributed by atoms with Gasteiger partial charge in [0.2, 0.25) is 5.91 Å². The van der Waals surface area contributed by atoms with Crippen LogP contribution < -0.4 is 5.32 Å². The normalized spacial score (nSPS) is 18.0. The number of hydrogen-bond donors (Lipinski definition) is 2. The highest BCUT2D eigenvalue weighted by Crippen LogP contribution is 2.41. The fraction of sp³-hybridized carbons (Fsp3) is 0.333. The lowest BCUT2D eigenvalue weighted by Gasteiger charge is -2.25. The molecule has 0 bridgehead atoms. The molecule has 5 heteroatoms. The van der Waals surface area contributed by atoms with Crippen LogP contribution in [0.3, 0.4) is 0 Å². The Labute approximate surface area is 188 Å². The number of para-hydroxylation sites is 1. The molecule has 2 aliphatic rings. The van der Waals surface area contributed by atoms with Gasteiger partial charge in [0, 0.05) is 47.7 Å². The van der Waals surface area contributed by atoms with Crippen molar-refractivity contribution in [3.63, 3.8) is 0 Å². The number of fused-ring (bicyclic) bond motifs is 2. The summed E-state index contributed by atoms with van der Waals surface area (Å²) in [5.74, 6) is -0.00103. The van der Waals surface area contributed by atoms with Crippen LogP contribution in [0.15, 0.2) is 66.4 Å².